The highest BCUT2D eigenvalue weighted by Crippen LogP contribution is 2.40. The van der Waals surface area contributed by atoms with Gasteiger partial charge >= 0.3 is 5.97 Å². The third-order valence-electron chi connectivity index (χ3n) is 3.08. The number of sulfone groups is 1. The zero-order valence-electron chi connectivity index (χ0n) is 8.63. The van der Waals surface area contributed by atoms with E-state index in [-0.39, 0.29) is 30.5 Å². The predicted octanol–water partition coefficient (Wildman–Crippen LogP) is -1.04. The topological polar surface area (TPSA) is 91.8 Å². The molecule has 1 aliphatic carbocycles. The molecule has 0 aromatic carbocycles. The maximum Gasteiger partial charge on any atom is 0.307 e. The van der Waals surface area contributed by atoms with E-state index in [0.29, 0.717) is 6.42 Å². The van der Waals surface area contributed by atoms with Crippen LogP contribution in [0.25, 0.3) is 0 Å². The molecular formula is C9H13NO5S. The van der Waals surface area contributed by atoms with Crippen LogP contribution >= 0.6 is 0 Å². The van der Waals surface area contributed by atoms with E-state index in [9.17, 15) is 18.0 Å². The van der Waals surface area contributed by atoms with Gasteiger partial charge in [0.05, 0.1) is 23.3 Å². The third-order valence-corrected chi connectivity index (χ3v) is 4.69. The van der Waals surface area contributed by atoms with Crippen LogP contribution < -0.4 is 0 Å². The van der Waals surface area contributed by atoms with Crippen LogP contribution in [-0.4, -0.2) is 54.9 Å². The first kappa shape index (κ1) is 11.4. The van der Waals surface area contributed by atoms with Crippen molar-refractivity contribution in [1.29, 1.82) is 0 Å². The van der Waals surface area contributed by atoms with Gasteiger partial charge in [-0.25, -0.2) is 8.42 Å². The molecule has 0 bridgehead atoms. The highest BCUT2D eigenvalue weighted by molar-refractivity contribution is 7.91. The molecule has 0 aromatic rings. The minimum atomic E-state index is -2.99. The Bertz CT molecular complexity index is 415. The molecule has 1 N–H and O–H groups in total. The summed E-state index contributed by atoms with van der Waals surface area (Å²) in [4.78, 5) is 23.8. The van der Waals surface area contributed by atoms with E-state index in [1.807, 2.05) is 0 Å². The average Bonchev–Trinajstić information content (AvgIpc) is 2.96. The molecule has 16 heavy (non-hydrogen) atoms. The van der Waals surface area contributed by atoms with Crippen LogP contribution in [0, 0.1) is 11.8 Å². The van der Waals surface area contributed by atoms with Gasteiger partial charge in [-0.2, -0.15) is 0 Å². The molecule has 7 heteroatoms. The average molecular weight is 247 g/mol. The van der Waals surface area contributed by atoms with Crippen LogP contribution in [0.3, 0.4) is 0 Å². The van der Waals surface area contributed by atoms with Crippen LogP contribution in [0.1, 0.15) is 6.42 Å². The lowest BCUT2D eigenvalue weighted by atomic mass is 10.2. The maximum absolute atomic E-state index is 11.8. The van der Waals surface area contributed by atoms with Crippen molar-refractivity contribution in [2.45, 2.75) is 6.42 Å². The summed E-state index contributed by atoms with van der Waals surface area (Å²) in [6, 6.07) is 0. The van der Waals surface area contributed by atoms with Gasteiger partial charge < -0.3 is 10.0 Å². The molecule has 0 radical (unpaired) electrons. The van der Waals surface area contributed by atoms with Gasteiger partial charge in [0.25, 0.3) is 0 Å². The fraction of sp³-hybridized carbons (Fsp3) is 0.778. The summed E-state index contributed by atoms with van der Waals surface area (Å²) in [6.07, 6.45) is 0.386. The molecule has 0 unspecified atom stereocenters. The number of carboxylic acids is 1. The van der Waals surface area contributed by atoms with Gasteiger partial charge in [0.1, 0.15) is 0 Å². The van der Waals surface area contributed by atoms with E-state index < -0.39 is 27.6 Å². The van der Waals surface area contributed by atoms with Crippen molar-refractivity contribution < 1.29 is 23.1 Å². The second-order valence-corrected chi connectivity index (χ2v) is 6.57. The normalized spacial score (nSPS) is 32.1. The van der Waals surface area contributed by atoms with Gasteiger partial charge in [0, 0.05) is 13.1 Å². The zero-order chi connectivity index (χ0) is 11.9. The minimum absolute atomic E-state index is 0.0107. The van der Waals surface area contributed by atoms with Crippen molar-refractivity contribution in [2.75, 3.05) is 24.6 Å². The fourth-order valence-electron chi connectivity index (χ4n) is 1.91. The van der Waals surface area contributed by atoms with Gasteiger partial charge in [0.2, 0.25) is 5.91 Å². The quantitative estimate of drug-likeness (QED) is 0.673. The molecule has 0 spiro atoms. The monoisotopic (exact) mass is 247 g/mol. The lowest BCUT2D eigenvalue weighted by Crippen LogP contribution is -2.44. The summed E-state index contributed by atoms with van der Waals surface area (Å²) < 4.78 is 22.3. The second kappa shape index (κ2) is 3.73. The highest BCUT2D eigenvalue weighted by atomic mass is 32.2. The summed E-state index contributed by atoms with van der Waals surface area (Å²) in [6.45, 7) is 0.397. The van der Waals surface area contributed by atoms with Crippen LogP contribution in [0.5, 0.6) is 0 Å². The third kappa shape index (κ3) is 2.18. The summed E-state index contributed by atoms with van der Waals surface area (Å²) in [5, 5.41) is 8.69. The number of carbonyl (C=O) groups is 2. The van der Waals surface area contributed by atoms with Crippen molar-refractivity contribution in [3.8, 4) is 0 Å². The molecule has 0 aromatic heterocycles. The van der Waals surface area contributed by atoms with E-state index in [0.717, 1.165) is 0 Å². The van der Waals surface area contributed by atoms with Gasteiger partial charge in [-0.05, 0) is 6.42 Å². The Hall–Kier alpha value is -1.11. The highest BCUT2D eigenvalue weighted by Gasteiger charge is 2.50. The molecule has 1 aliphatic heterocycles. The molecule has 2 fully saturated rings. The van der Waals surface area contributed by atoms with E-state index in [4.69, 9.17) is 5.11 Å². The molecule has 2 aliphatic rings. The molecule has 1 saturated heterocycles. The first-order valence-corrected chi connectivity index (χ1v) is 6.95. The number of hydrogen-bond donors (Lipinski definition) is 1. The zero-order valence-corrected chi connectivity index (χ0v) is 9.44. The Balaban J connectivity index is 1.91. The Kier molecular flexibility index (Phi) is 2.65. The lowest BCUT2D eigenvalue weighted by Gasteiger charge is -2.26. The van der Waals surface area contributed by atoms with E-state index in [1.165, 1.54) is 4.90 Å². The van der Waals surface area contributed by atoms with Crippen LogP contribution in [0.4, 0.5) is 0 Å². The molecule has 1 saturated carbocycles. The van der Waals surface area contributed by atoms with Gasteiger partial charge in [-0.3, -0.25) is 9.59 Å². The summed E-state index contributed by atoms with van der Waals surface area (Å²) in [5.41, 5.74) is 0. The Morgan fingerprint density at radius 3 is 2.12 bits per heavy atom. The molecule has 2 rings (SSSR count). The van der Waals surface area contributed by atoms with E-state index in [1.54, 1.807) is 0 Å². The molecule has 90 valence electrons. The van der Waals surface area contributed by atoms with E-state index >= 15 is 0 Å². The largest absolute Gasteiger partial charge is 0.481 e. The minimum Gasteiger partial charge on any atom is -0.481 e. The van der Waals surface area contributed by atoms with Gasteiger partial charge in [-0.15, -0.1) is 0 Å². The number of amides is 1. The Morgan fingerprint density at radius 2 is 1.69 bits per heavy atom. The first-order chi connectivity index (χ1) is 7.41. The van der Waals surface area contributed by atoms with Crippen LogP contribution in [0.2, 0.25) is 0 Å². The molecular weight excluding hydrogens is 234 g/mol. The van der Waals surface area contributed by atoms with Crippen molar-refractivity contribution in [3.05, 3.63) is 0 Å². The van der Waals surface area contributed by atoms with Crippen molar-refractivity contribution in [3.63, 3.8) is 0 Å². The predicted molar refractivity (Wildman–Crippen MR) is 54.5 cm³/mol. The number of carbonyl (C=O) groups excluding carboxylic acids is 1. The van der Waals surface area contributed by atoms with Crippen LogP contribution in [0.15, 0.2) is 0 Å². The van der Waals surface area contributed by atoms with Crippen molar-refractivity contribution in [2.24, 2.45) is 11.8 Å². The summed E-state index contributed by atoms with van der Waals surface area (Å²) >= 11 is 0. The van der Waals surface area contributed by atoms with Crippen molar-refractivity contribution >= 4 is 21.7 Å². The first-order valence-electron chi connectivity index (χ1n) is 5.13. The second-order valence-electron chi connectivity index (χ2n) is 4.26. The number of nitrogens with zero attached hydrogens (tertiary/aromatic N) is 1. The maximum atomic E-state index is 11.8. The Morgan fingerprint density at radius 1 is 1.12 bits per heavy atom. The number of carboxylic acid groups (broad SMARTS) is 1. The van der Waals surface area contributed by atoms with Gasteiger partial charge in [-0.1, -0.05) is 0 Å². The van der Waals surface area contributed by atoms with Crippen molar-refractivity contribution in [1.82, 2.24) is 4.90 Å². The van der Waals surface area contributed by atoms with Gasteiger partial charge in [0.15, 0.2) is 9.84 Å². The summed E-state index contributed by atoms with van der Waals surface area (Å²) in [7, 11) is -2.99. The smallest absolute Gasteiger partial charge is 0.307 e. The molecule has 2 atom stereocenters. The van der Waals surface area contributed by atoms with Crippen LogP contribution in [-0.2, 0) is 19.4 Å². The Labute approximate surface area is 93.1 Å². The molecule has 1 amide bonds. The number of hydrogen-bond acceptors (Lipinski definition) is 4. The SMILES string of the molecule is O=C(O)[C@H]1C[C@H]1C(=O)N1CCS(=O)(=O)CC1. The molecule has 1 heterocycles. The van der Waals surface area contributed by atoms with E-state index in [2.05, 4.69) is 0 Å². The standard InChI is InChI=1S/C9H13NO5S/c11-8(6-5-7(6)9(12)13)10-1-3-16(14,15)4-2-10/h6-7H,1-5H2,(H,12,13)/t6-,7+/m1/s1. The molecule has 6 nitrogen and oxygen atoms in total. The summed E-state index contributed by atoms with van der Waals surface area (Å²) in [5.74, 6) is -2.17. The fourth-order valence-corrected chi connectivity index (χ4v) is 3.11. The number of aliphatic carboxylic acids is 1. The lowest BCUT2D eigenvalue weighted by molar-refractivity contribution is -0.141. The number of rotatable bonds is 2.